The lowest BCUT2D eigenvalue weighted by Crippen LogP contribution is -1.93. The molecule has 0 amide bonds. The van der Waals surface area contributed by atoms with Gasteiger partial charge in [0.2, 0.25) is 0 Å². The van der Waals surface area contributed by atoms with Crippen molar-refractivity contribution in [3.05, 3.63) is 144 Å². The van der Waals surface area contributed by atoms with Crippen molar-refractivity contribution in [2.24, 2.45) is 0 Å². The molecule has 7 rings (SSSR count). The van der Waals surface area contributed by atoms with E-state index in [1.165, 1.54) is 82.4 Å². The van der Waals surface area contributed by atoms with Crippen LogP contribution in [0.25, 0.3) is 65.7 Å². The van der Waals surface area contributed by atoms with E-state index in [1.54, 1.807) is 0 Å². The highest BCUT2D eigenvalue weighted by molar-refractivity contribution is 6.05. The molecule has 0 radical (unpaired) electrons. The van der Waals surface area contributed by atoms with Crippen molar-refractivity contribution in [1.82, 2.24) is 0 Å². The zero-order valence-electron chi connectivity index (χ0n) is 22.6. The standard InChI is InChI=1S/C39H30/c1-25-16-19-28-10-4-7-13-34(28)37(25)31-22-32(38-26(2)17-20-29-11-5-8-14-35(29)38)24-33(23-31)39-27(3)18-21-30-12-6-9-15-36(30)39/h4-24H,1-3H3. The van der Waals surface area contributed by atoms with Gasteiger partial charge in [-0.1, -0.05) is 109 Å². The Kier molecular flexibility index (Phi) is 5.56. The molecule has 7 aromatic rings. The fraction of sp³-hybridized carbons (Fsp3) is 0.0769. The highest BCUT2D eigenvalue weighted by Crippen LogP contribution is 2.42. The third-order valence-corrected chi connectivity index (χ3v) is 8.21. The molecule has 0 aliphatic carbocycles. The van der Waals surface area contributed by atoms with Gasteiger partial charge in [-0.25, -0.2) is 0 Å². The Labute approximate surface area is 230 Å². The molecule has 0 heteroatoms. The molecular formula is C39H30. The van der Waals surface area contributed by atoms with Crippen molar-refractivity contribution in [2.75, 3.05) is 0 Å². The number of fused-ring (bicyclic) bond motifs is 3. The third kappa shape index (κ3) is 3.92. The van der Waals surface area contributed by atoms with Gasteiger partial charge in [0.05, 0.1) is 0 Å². The average Bonchev–Trinajstić information content (AvgIpc) is 2.96. The summed E-state index contributed by atoms with van der Waals surface area (Å²) in [5, 5.41) is 7.70. The third-order valence-electron chi connectivity index (χ3n) is 8.21. The zero-order valence-corrected chi connectivity index (χ0v) is 22.6. The molecule has 0 nitrogen and oxygen atoms in total. The van der Waals surface area contributed by atoms with Crippen LogP contribution in [0.2, 0.25) is 0 Å². The number of benzene rings is 7. The fourth-order valence-electron chi connectivity index (χ4n) is 6.35. The second-order valence-electron chi connectivity index (χ2n) is 10.7. The summed E-state index contributed by atoms with van der Waals surface area (Å²) in [7, 11) is 0. The molecule has 0 atom stereocenters. The van der Waals surface area contributed by atoms with Crippen LogP contribution in [0.3, 0.4) is 0 Å². The first-order chi connectivity index (χ1) is 19.1. The average molecular weight is 499 g/mol. The normalized spacial score (nSPS) is 11.5. The van der Waals surface area contributed by atoms with Crippen LogP contribution >= 0.6 is 0 Å². The Morgan fingerprint density at radius 1 is 0.308 bits per heavy atom. The first-order valence-electron chi connectivity index (χ1n) is 13.7. The maximum Gasteiger partial charge on any atom is -0.00757 e. The van der Waals surface area contributed by atoms with E-state index >= 15 is 0 Å². The van der Waals surface area contributed by atoms with E-state index in [4.69, 9.17) is 0 Å². The second kappa shape index (κ2) is 9.26. The summed E-state index contributed by atoms with van der Waals surface area (Å²) in [5.74, 6) is 0. The van der Waals surface area contributed by atoms with Crippen LogP contribution in [0.5, 0.6) is 0 Å². The van der Waals surface area contributed by atoms with E-state index in [1.807, 2.05) is 0 Å². The first-order valence-corrected chi connectivity index (χ1v) is 13.7. The minimum Gasteiger partial charge on any atom is -0.0616 e. The van der Waals surface area contributed by atoms with Gasteiger partial charge in [0.15, 0.2) is 0 Å². The van der Waals surface area contributed by atoms with Crippen LogP contribution in [-0.2, 0) is 0 Å². The summed E-state index contributed by atoms with van der Waals surface area (Å²) in [6, 6.07) is 47.0. The Morgan fingerprint density at radius 3 is 0.897 bits per heavy atom. The molecule has 0 N–H and O–H groups in total. The van der Waals surface area contributed by atoms with Gasteiger partial charge >= 0.3 is 0 Å². The number of hydrogen-bond acceptors (Lipinski definition) is 0. The smallest absolute Gasteiger partial charge is 0.00757 e. The van der Waals surface area contributed by atoms with Crippen molar-refractivity contribution in [3.63, 3.8) is 0 Å². The predicted molar refractivity (Wildman–Crippen MR) is 169 cm³/mol. The highest BCUT2D eigenvalue weighted by Gasteiger charge is 2.16. The van der Waals surface area contributed by atoms with Crippen molar-refractivity contribution in [3.8, 4) is 33.4 Å². The van der Waals surface area contributed by atoms with Gasteiger partial charge in [-0.3, -0.25) is 0 Å². The van der Waals surface area contributed by atoms with Gasteiger partial charge in [0.1, 0.15) is 0 Å². The Hall–Kier alpha value is -4.68. The number of aryl methyl sites for hydroxylation is 3. The maximum absolute atomic E-state index is 2.41. The SMILES string of the molecule is Cc1ccc2ccccc2c1-c1cc(-c2c(C)ccc3ccccc23)cc(-c2c(C)ccc3ccccc23)c1. The minimum absolute atomic E-state index is 1.26. The van der Waals surface area contributed by atoms with Crippen molar-refractivity contribution in [2.45, 2.75) is 20.8 Å². The number of rotatable bonds is 3. The molecule has 0 fully saturated rings. The second-order valence-corrected chi connectivity index (χ2v) is 10.7. The largest absolute Gasteiger partial charge is 0.0616 e. The van der Waals surface area contributed by atoms with Gasteiger partial charge in [0.25, 0.3) is 0 Å². The highest BCUT2D eigenvalue weighted by atomic mass is 14.2. The minimum atomic E-state index is 1.26. The molecule has 39 heavy (non-hydrogen) atoms. The Balaban J connectivity index is 1.62. The number of hydrogen-bond donors (Lipinski definition) is 0. The van der Waals surface area contributed by atoms with Gasteiger partial charge in [-0.15, -0.1) is 0 Å². The predicted octanol–water partition coefficient (Wildman–Crippen LogP) is 11.1. The van der Waals surface area contributed by atoms with E-state index in [9.17, 15) is 0 Å². The monoisotopic (exact) mass is 498 g/mol. The van der Waals surface area contributed by atoms with Crippen molar-refractivity contribution < 1.29 is 0 Å². The van der Waals surface area contributed by atoms with Gasteiger partial charge < -0.3 is 0 Å². The molecule has 0 bridgehead atoms. The summed E-state index contributed by atoms with van der Waals surface area (Å²) in [4.78, 5) is 0. The molecule has 0 unspecified atom stereocenters. The van der Waals surface area contributed by atoms with E-state index in [2.05, 4.69) is 148 Å². The van der Waals surface area contributed by atoms with Crippen LogP contribution < -0.4 is 0 Å². The Morgan fingerprint density at radius 2 is 0.590 bits per heavy atom. The van der Waals surface area contributed by atoms with E-state index in [0.29, 0.717) is 0 Å². The summed E-state index contributed by atoms with van der Waals surface area (Å²) in [5.41, 5.74) is 11.6. The van der Waals surface area contributed by atoms with Crippen LogP contribution in [0.15, 0.2) is 127 Å². The lowest BCUT2D eigenvalue weighted by atomic mass is 9.85. The molecule has 0 aromatic heterocycles. The van der Waals surface area contributed by atoms with Gasteiger partial charge in [0, 0.05) is 0 Å². The Bertz CT molecular complexity index is 1790. The summed E-state index contributed by atoms with van der Waals surface area (Å²) in [6.07, 6.45) is 0. The van der Waals surface area contributed by atoms with Crippen molar-refractivity contribution in [1.29, 1.82) is 0 Å². The van der Waals surface area contributed by atoms with E-state index in [-0.39, 0.29) is 0 Å². The maximum atomic E-state index is 2.41. The molecule has 7 aromatic carbocycles. The molecule has 0 saturated heterocycles. The molecule has 0 heterocycles. The molecule has 0 aliphatic rings. The lowest BCUT2D eigenvalue weighted by molar-refractivity contribution is 1.45. The van der Waals surface area contributed by atoms with Gasteiger partial charge in [-0.2, -0.15) is 0 Å². The van der Waals surface area contributed by atoms with Crippen LogP contribution in [-0.4, -0.2) is 0 Å². The molecule has 186 valence electrons. The summed E-state index contributed by atoms with van der Waals surface area (Å²) < 4.78 is 0. The van der Waals surface area contributed by atoms with Crippen LogP contribution in [0.1, 0.15) is 16.7 Å². The first kappa shape index (κ1) is 23.4. The van der Waals surface area contributed by atoms with Crippen molar-refractivity contribution >= 4 is 32.3 Å². The lowest BCUT2D eigenvalue weighted by Gasteiger charge is -2.19. The fourth-order valence-corrected chi connectivity index (χ4v) is 6.35. The summed E-state index contributed by atoms with van der Waals surface area (Å²) >= 11 is 0. The zero-order chi connectivity index (χ0) is 26.5. The molecule has 0 spiro atoms. The molecular weight excluding hydrogens is 468 g/mol. The topological polar surface area (TPSA) is 0 Å². The van der Waals surface area contributed by atoms with Gasteiger partial charge in [-0.05, 0) is 121 Å². The summed E-state index contributed by atoms with van der Waals surface area (Å²) in [6.45, 7) is 6.71. The van der Waals surface area contributed by atoms with Crippen LogP contribution in [0.4, 0.5) is 0 Å². The molecule has 0 saturated carbocycles. The quantitative estimate of drug-likeness (QED) is 0.227. The van der Waals surface area contributed by atoms with E-state index in [0.717, 1.165) is 0 Å². The van der Waals surface area contributed by atoms with E-state index < -0.39 is 0 Å². The van der Waals surface area contributed by atoms with Crippen LogP contribution in [0, 0.1) is 20.8 Å². The molecule has 0 aliphatic heterocycles.